The molecule has 2 aromatic carbocycles. The molecule has 186 valence electrons. The van der Waals surface area contributed by atoms with Gasteiger partial charge in [-0.1, -0.05) is 41.4 Å². The minimum atomic E-state index is -1.58. The molecule has 0 bridgehead atoms. The molecule has 5 nitrogen and oxygen atoms in total. The van der Waals surface area contributed by atoms with E-state index >= 15 is 4.39 Å². The number of hydrogen-bond donors (Lipinski definition) is 2. The number of carbonyl (C=O) groups excluding carboxylic acids is 2. The lowest BCUT2D eigenvalue weighted by molar-refractivity contribution is -0.146. The van der Waals surface area contributed by atoms with Crippen LogP contribution in [-0.2, 0) is 19.7 Å². The van der Waals surface area contributed by atoms with Crippen molar-refractivity contribution in [2.75, 3.05) is 25.3 Å². The summed E-state index contributed by atoms with van der Waals surface area (Å²) in [7, 11) is 0. The second-order valence-corrected chi connectivity index (χ2v) is 10.5. The van der Waals surface area contributed by atoms with Gasteiger partial charge in [0, 0.05) is 27.6 Å². The van der Waals surface area contributed by atoms with Gasteiger partial charge < -0.3 is 10.1 Å². The molecule has 1 amide bonds. The van der Waals surface area contributed by atoms with Crippen LogP contribution in [0.2, 0.25) is 10.0 Å². The Kier molecular flexibility index (Phi) is 5.85. The van der Waals surface area contributed by atoms with E-state index in [2.05, 4.69) is 10.6 Å². The molecule has 2 spiro atoms. The molecule has 1 aliphatic carbocycles. The number of esters is 1. The van der Waals surface area contributed by atoms with Gasteiger partial charge in [-0.15, -0.1) is 0 Å². The van der Waals surface area contributed by atoms with Crippen molar-refractivity contribution >= 4 is 40.8 Å². The first-order valence-electron chi connectivity index (χ1n) is 11.3. The van der Waals surface area contributed by atoms with Gasteiger partial charge in [0.25, 0.3) is 0 Å². The Morgan fingerprint density at radius 2 is 1.89 bits per heavy atom. The normalized spacial score (nSPS) is 27.5. The molecule has 2 heterocycles. The third-order valence-corrected chi connectivity index (χ3v) is 8.30. The van der Waals surface area contributed by atoms with Crippen LogP contribution in [0, 0.1) is 11.2 Å². The Morgan fingerprint density at radius 1 is 1.17 bits per heavy atom. The molecule has 3 aliphatic rings. The molecule has 1 saturated heterocycles. The van der Waals surface area contributed by atoms with Gasteiger partial charge in [0.2, 0.25) is 5.91 Å². The van der Waals surface area contributed by atoms with Crippen molar-refractivity contribution in [1.82, 2.24) is 5.32 Å². The van der Waals surface area contributed by atoms with Gasteiger partial charge >= 0.3 is 5.97 Å². The fourth-order valence-electron chi connectivity index (χ4n) is 6.57. The predicted octanol–water partition coefficient (Wildman–Crippen LogP) is 5.10. The van der Waals surface area contributed by atoms with Crippen LogP contribution in [0.5, 0.6) is 0 Å². The average Bonchev–Trinajstić information content (AvgIpc) is 3.27. The summed E-state index contributed by atoms with van der Waals surface area (Å²) in [4.78, 5) is 27.2. The summed E-state index contributed by atoms with van der Waals surface area (Å²) in [6.07, 6.45) is -0.145. The molecule has 3 atom stereocenters. The van der Waals surface area contributed by atoms with E-state index in [1.165, 1.54) is 18.2 Å². The zero-order valence-corrected chi connectivity index (χ0v) is 20.3. The molecule has 10 heteroatoms. The minimum absolute atomic E-state index is 0.0378. The predicted molar refractivity (Wildman–Crippen MR) is 126 cm³/mol. The highest BCUT2D eigenvalue weighted by Crippen LogP contribution is 2.68. The molecule has 3 unspecified atom stereocenters. The van der Waals surface area contributed by atoms with Gasteiger partial charge in [-0.05, 0) is 49.1 Å². The van der Waals surface area contributed by atoms with E-state index in [0.29, 0.717) is 16.3 Å². The fourth-order valence-corrected chi connectivity index (χ4v) is 6.92. The van der Waals surface area contributed by atoms with Crippen LogP contribution in [-0.4, -0.2) is 43.4 Å². The number of hydrogen-bond acceptors (Lipinski definition) is 4. The molecule has 35 heavy (non-hydrogen) atoms. The van der Waals surface area contributed by atoms with Crippen molar-refractivity contribution < 1.29 is 27.5 Å². The van der Waals surface area contributed by atoms with Crippen LogP contribution < -0.4 is 10.6 Å². The van der Waals surface area contributed by atoms with Gasteiger partial charge in [0.15, 0.2) is 0 Å². The summed E-state index contributed by atoms with van der Waals surface area (Å²) in [5.41, 5.74) is -3.22. The van der Waals surface area contributed by atoms with Crippen molar-refractivity contribution in [2.24, 2.45) is 5.41 Å². The van der Waals surface area contributed by atoms with E-state index in [0.717, 1.165) is 0 Å². The van der Waals surface area contributed by atoms with Crippen LogP contribution in [0.4, 0.5) is 18.9 Å². The van der Waals surface area contributed by atoms with E-state index in [9.17, 15) is 18.4 Å². The first-order chi connectivity index (χ1) is 16.7. The molecule has 2 aliphatic heterocycles. The number of amides is 1. The van der Waals surface area contributed by atoms with E-state index in [-0.39, 0.29) is 30.0 Å². The maximum atomic E-state index is 15.6. The number of nitrogens with one attached hydrogen (secondary N) is 2. The number of halogens is 5. The molecule has 2 N–H and O–H groups in total. The van der Waals surface area contributed by atoms with Crippen molar-refractivity contribution in [2.45, 2.75) is 42.7 Å². The fraction of sp³-hybridized carbons (Fsp3) is 0.440. The quantitative estimate of drug-likeness (QED) is 0.532. The molecule has 5 rings (SSSR count). The van der Waals surface area contributed by atoms with E-state index in [1.54, 1.807) is 25.1 Å². The number of rotatable bonds is 5. The molecule has 1 saturated carbocycles. The van der Waals surface area contributed by atoms with Gasteiger partial charge in [-0.2, -0.15) is 0 Å². The van der Waals surface area contributed by atoms with E-state index in [4.69, 9.17) is 27.9 Å². The first kappa shape index (κ1) is 24.4. The summed E-state index contributed by atoms with van der Waals surface area (Å²) in [5.74, 6) is -3.09. The molecule has 2 fully saturated rings. The summed E-state index contributed by atoms with van der Waals surface area (Å²) in [6.45, 7) is -0.177. The Hall–Kier alpha value is -2.29. The second-order valence-electron chi connectivity index (χ2n) is 9.65. The number of alkyl halides is 2. The Balaban J connectivity index is 1.81. The monoisotopic (exact) mass is 526 g/mol. The zero-order valence-electron chi connectivity index (χ0n) is 18.8. The van der Waals surface area contributed by atoms with Crippen molar-refractivity contribution in [1.29, 1.82) is 0 Å². The zero-order chi connectivity index (χ0) is 25.2. The number of anilines is 1. The molecule has 2 aromatic rings. The maximum absolute atomic E-state index is 15.6. The number of benzene rings is 2. The van der Waals surface area contributed by atoms with Crippen LogP contribution >= 0.6 is 23.2 Å². The van der Waals surface area contributed by atoms with Crippen LogP contribution in [0.15, 0.2) is 36.4 Å². The average molecular weight is 527 g/mol. The third kappa shape index (κ3) is 3.19. The number of fused-ring (bicyclic) bond motifs is 3. The van der Waals surface area contributed by atoms with Crippen LogP contribution in [0.1, 0.15) is 36.8 Å². The Labute approximate surface area is 210 Å². The van der Waals surface area contributed by atoms with Gasteiger partial charge in [0.05, 0.1) is 25.0 Å². The Bertz CT molecular complexity index is 1210. The summed E-state index contributed by atoms with van der Waals surface area (Å²) < 4.78 is 48.9. The van der Waals surface area contributed by atoms with Gasteiger partial charge in [-0.3, -0.25) is 23.7 Å². The van der Waals surface area contributed by atoms with Gasteiger partial charge in [0.1, 0.15) is 17.3 Å². The topological polar surface area (TPSA) is 67.4 Å². The SMILES string of the molecule is CCOC(=O)C1NC2(CC(CF)(CF)C2)C2(C(=O)Nc3cc(Cl)ccc32)C1c1cccc(Cl)c1F. The van der Waals surface area contributed by atoms with Crippen molar-refractivity contribution in [3.8, 4) is 0 Å². The highest BCUT2D eigenvalue weighted by atomic mass is 35.5. The van der Waals surface area contributed by atoms with E-state index in [1.807, 2.05) is 0 Å². The highest BCUT2D eigenvalue weighted by Gasteiger charge is 2.78. The van der Waals surface area contributed by atoms with Crippen molar-refractivity contribution in [3.63, 3.8) is 0 Å². The summed E-state index contributed by atoms with van der Waals surface area (Å²) in [5, 5.41) is 6.23. The smallest absolute Gasteiger partial charge is 0.323 e. The lowest BCUT2D eigenvalue weighted by atomic mass is 9.46. The minimum Gasteiger partial charge on any atom is -0.465 e. The summed E-state index contributed by atoms with van der Waals surface area (Å²) in [6, 6.07) is 8.00. The first-order valence-corrected chi connectivity index (χ1v) is 12.1. The maximum Gasteiger partial charge on any atom is 0.323 e. The van der Waals surface area contributed by atoms with E-state index < -0.39 is 59.4 Å². The largest absolute Gasteiger partial charge is 0.465 e. The van der Waals surface area contributed by atoms with Gasteiger partial charge in [-0.25, -0.2) is 4.39 Å². The Morgan fingerprint density at radius 3 is 2.54 bits per heavy atom. The standard InChI is InChI=1S/C25H23Cl2F3N2O3/c1-2-35-21(33)20-18(14-4-3-5-16(27)19(14)30)25(24(32-20)9-23(10-24,11-28)12-29)15-7-6-13(26)8-17(15)31-22(25)34/h3-8,18,20,32H,2,9-12H2,1H3,(H,31,34). The second kappa shape index (κ2) is 8.39. The lowest BCUT2D eigenvalue weighted by Gasteiger charge is -2.59. The molecule has 0 aromatic heterocycles. The number of ether oxygens (including phenoxy) is 1. The van der Waals surface area contributed by atoms with Crippen LogP contribution in [0.25, 0.3) is 0 Å². The van der Waals surface area contributed by atoms with Crippen LogP contribution in [0.3, 0.4) is 0 Å². The molecular formula is C25H23Cl2F3N2O3. The van der Waals surface area contributed by atoms with Crippen molar-refractivity contribution in [3.05, 3.63) is 63.4 Å². The number of carbonyl (C=O) groups is 2. The highest BCUT2D eigenvalue weighted by molar-refractivity contribution is 6.31. The lowest BCUT2D eigenvalue weighted by Crippen LogP contribution is -2.70. The summed E-state index contributed by atoms with van der Waals surface area (Å²) >= 11 is 12.3. The molecular weight excluding hydrogens is 504 g/mol. The molecule has 0 radical (unpaired) electrons. The third-order valence-electron chi connectivity index (χ3n) is 7.78.